The number of hydrogen-bond acceptors (Lipinski definition) is 3. The number of halogens is 2. The van der Waals surface area contributed by atoms with Gasteiger partial charge in [0.2, 0.25) is 0 Å². The quantitative estimate of drug-likeness (QED) is 0.886. The second-order valence-electron chi connectivity index (χ2n) is 3.75. The van der Waals surface area contributed by atoms with Crippen molar-refractivity contribution in [1.82, 2.24) is 0 Å². The first kappa shape index (κ1) is 12.0. The Bertz CT molecular complexity index is 373. The number of anilines is 1. The van der Waals surface area contributed by atoms with Crippen LogP contribution in [-0.2, 0) is 4.74 Å². The molecule has 3 nitrogen and oxygen atoms in total. The first-order valence-electron chi connectivity index (χ1n) is 5.22. The molecule has 1 aromatic rings. The summed E-state index contributed by atoms with van der Waals surface area (Å²) in [6.07, 6.45) is 0. The third kappa shape index (κ3) is 2.43. The number of nitrogens with two attached hydrogens (primary N) is 1. The van der Waals surface area contributed by atoms with Gasteiger partial charge < -0.3 is 15.4 Å². The van der Waals surface area contributed by atoms with Crippen LogP contribution in [0, 0.1) is 0 Å². The van der Waals surface area contributed by atoms with Gasteiger partial charge in [-0.05, 0) is 18.2 Å². The monoisotopic (exact) mass is 260 g/mol. The van der Waals surface area contributed by atoms with Crippen molar-refractivity contribution < 1.29 is 4.74 Å². The molecule has 1 aliphatic heterocycles. The van der Waals surface area contributed by atoms with Gasteiger partial charge in [0.05, 0.1) is 30.0 Å². The summed E-state index contributed by atoms with van der Waals surface area (Å²) < 4.78 is 5.40. The van der Waals surface area contributed by atoms with Crippen LogP contribution in [0.5, 0.6) is 0 Å². The second-order valence-corrected chi connectivity index (χ2v) is 4.60. The Hall–Kier alpha value is -0.480. The lowest BCUT2D eigenvalue weighted by Gasteiger charge is -2.37. The van der Waals surface area contributed by atoms with Gasteiger partial charge in [-0.2, -0.15) is 0 Å². The summed E-state index contributed by atoms with van der Waals surface area (Å²) >= 11 is 12.1. The van der Waals surface area contributed by atoms with Crippen LogP contribution in [0.15, 0.2) is 18.2 Å². The fraction of sp³-hybridized carbons (Fsp3) is 0.455. The summed E-state index contributed by atoms with van der Waals surface area (Å²) in [4.78, 5) is 2.18. The van der Waals surface area contributed by atoms with Gasteiger partial charge in [0.15, 0.2) is 0 Å². The molecule has 1 aromatic carbocycles. The Morgan fingerprint density at radius 1 is 1.44 bits per heavy atom. The fourth-order valence-electron chi connectivity index (χ4n) is 1.88. The van der Waals surface area contributed by atoms with Crippen LogP contribution in [0.2, 0.25) is 10.0 Å². The molecule has 2 N–H and O–H groups in total. The zero-order valence-electron chi connectivity index (χ0n) is 8.83. The van der Waals surface area contributed by atoms with Gasteiger partial charge >= 0.3 is 0 Å². The zero-order valence-corrected chi connectivity index (χ0v) is 10.3. The Balaban J connectivity index is 2.27. The van der Waals surface area contributed by atoms with Crippen LogP contribution in [0.1, 0.15) is 0 Å². The van der Waals surface area contributed by atoms with Crippen LogP contribution in [0.3, 0.4) is 0 Å². The van der Waals surface area contributed by atoms with E-state index in [0.29, 0.717) is 29.8 Å². The topological polar surface area (TPSA) is 38.5 Å². The average Bonchev–Trinajstić information content (AvgIpc) is 2.29. The third-order valence-electron chi connectivity index (χ3n) is 2.72. The molecule has 1 fully saturated rings. The summed E-state index contributed by atoms with van der Waals surface area (Å²) in [5.74, 6) is 0. The highest BCUT2D eigenvalue weighted by molar-refractivity contribution is 6.36. The second kappa shape index (κ2) is 5.23. The predicted molar refractivity (Wildman–Crippen MR) is 67.5 cm³/mol. The molecule has 2 rings (SSSR count). The minimum Gasteiger partial charge on any atom is -0.377 e. The van der Waals surface area contributed by atoms with E-state index in [1.54, 1.807) is 6.07 Å². The Morgan fingerprint density at radius 3 is 2.94 bits per heavy atom. The lowest BCUT2D eigenvalue weighted by Crippen LogP contribution is -2.49. The number of hydrogen-bond donors (Lipinski definition) is 1. The highest BCUT2D eigenvalue weighted by atomic mass is 35.5. The molecule has 1 saturated heterocycles. The number of nitrogens with zero attached hydrogens (tertiary/aromatic N) is 1. The van der Waals surface area contributed by atoms with E-state index in [2.05, 4.69) is 4.90 Å². The first-order valence-corrected chi connectivity index (χ1v) is 5.97. The molecule has 0 spiro atoms. The van der Waals surface area contributed by atoms with E-state index in [-0.39, 0.29) is 6.04 Å². The van der Waals surface area contributed by atoms with Gasteiger partial charge in [-0.15, -0.1) is 0 Å². The van der Waals surface area contributed by atoms with Crippen molar-refractivity contribution in [2.45, 2.75) is 6.04 Å². The summed E-state index contributed by atoms with van der Waals surface area (Å²) in [5.41, 5.74) is 6.70. The van der Waals surface area contributed by atoms with Gasteiger partial charge in [0.25, 0.3) is 0 Å². The molecular formula is C11H14Cl2N2O. The van der Waals surface area contributed by atoms with Gasteiger partial charge in [-0.3, -0.25) is 0 Å². The van der Waals surface area contributed by atoms with Crippen molar-refractivity contribution in [3.63, 3.8) is 0 Å². The van der Waals surface area contributed by atoms with E-state index in [0.717, 1.165) is 12.2 Å². The van der Waals surface area contributed by atoms with E-state index in [1.807, 2.05) is 12.1 Å². The summed E-state index contributed by atoms with van der Waals surface area (Å²) in [6, 6.07) is 5.71. The minimum atomic E-state index is 0.187. The van der Waals surface area contributed by atoms with Crippen molar-refractivity contribution in [1.29, 1.82) is 0 Å². The molecule has 1 atom stereocenters. The van der Waals surface area contributed by atoms with E-state index in [9.17, 15) is 0 Å². The lowest BCUT2D eigenvalue weighted by molar-refractivity contribution is 0.0963. The van der Waals surface area contributed by atoms with E-state index in [4.69, 9.17) is 33.7 Å². The highest BCUT2D eigenvalue weighted by Gasteiger charge is 2.23. The summed E-state index contributed by atoms with van der Waals surface area (Å²) in [7, 11) is 0. The SMILES string of the molecule is NCC1COCCN1c1ccc(Cl)cc1Cl. The van der Waals surface area contributed by atoms with Crippen molar-refractivity contribution in [2.24, 2.45) is 5.73 Å². The molecule has 0 radical (unpaired) electrons. The van der Waals surface area contributed by atoms with Crippen molar-refractivity contribution in [3.8, 4) is 0 Å². The molecule has 0 saturated carbocycles. The van der Waals surface area contributed by atoms with Gasteiger partial charge in [0.1, 0.15) is 0 Å². The predicted octanol–water partition coefficient (Wildman–Crippen LogP) is 2.16. The molecule has 1 unspecified atom stereocenters. The largest absolute Gasteiger partial charge is 0.377 e. The van der Waals surface area contributed by atoms with E-state index >= 15 is 0 Å². The van der Waals surface area contributed by atoms with Gasteiger partial charge in [0, 0.05) is 18.1 Å². The molecule has 0 aromatic heterocycles. The van der Waals surface area contributed by atoms with E-state index in [1.165, 1.54) is 0 Å². The normalized spacial score (nSPS) is 21.2. The maximum Gasteiger partial charge on any atom is 0.0683 e. The van der Waals surface area contributed by atoms with E-state index < -0.39 is 0 Å². The maximum atomic E-state index is 6.18. The Labute approximate surface area is 105 Å². The molecule has 1 heterocycles. The number of ether oxygens (including phenoxy) is 1. The lowest BCUT2D eigenvalue weighted by atomic mass is 10.2. The van der Waals surface area contributed by atoms with Crippen LogP contribution >= 0.6 is 23.2 Å². The molecule has 88 valence electrons. The number of benzene rings is 1. The Kier molecular flexibility index (Phi) is 3.92. The zero-order chi connectivity index (χ0) is 11.5. The number of morpholine rings is 1. The third-order valence-corrected chi connectivity index (χ3v) is 3.26. The highest BCUT2D eigenvalue weighted by Crippen LogP contribution is 2.30. The first-order chi connectivity index (χ1) is 7.72. The fourth-order valence-corrected chi connectivity index (χ4v) is 2.40. The van der Waals surface area contributed by atoms with Gasteiger partial charge in [-0.25, -0.2) is 0 Å². The molecule has 16 heavy (non-hydrogen) atoms. The Morgan fingerprint density at radius 2 is 2.25 bits per heavy atom. The summed E-state index contributed by atoms with van der Waals surface area (Å²) in [5, 5.41) is 1.30. The van der Waals surface area contributed by atoms with Crippen molar-refractivity contribution in [2.75, 3.05) is 31.2 Å². The molecule has 0 aliphatic carbocycles. The van der Waals surface area contributed by atoms with Gasteiger partial charge in [-0.1, -0.05) is 23.2 Å². The number of rotatable bonds is 2. The minimum absolute atomic E-state index is 0.187. The standard InChI is InChI=1S/C11H14Cl2N2O/c12-8-1-2-11(10(13)5-8)15-3-4-16-7-9(15)6-14/h1-2,5,9H,3-4,6-7,14H2. The van der Waals surface area contributed by atoms with Crippen LogP contribution in [0.4, 0.5) is 5.69 Å². The van der Waals surface area contributed by atoms with Crippen LogP contribution in [-0.4, -0.2) is 32.3 Å². The molecule has 1 aliphatic rings. The maximum absolute atomic E-state index is 6.18. The van der Waals surface area contributed by atoms with Crippen molar-refractivity contribution in [3.05, 3.63) is 28.2 Å². The molecule has 5 heteroatoms. The summed E-state index contributed by atoms with van der Waals surface area (Å²) in [6.45, 7) is 2.72. The molecule has 0 bridgehead atoms. The van der Waals surface area contributed by atoms with Crippen LogP contribution in [0.25, 0.3) is 0 Å². The smallest absolute Gasteiger partial charge is 0.0683 e. The van der Waals surface area contributed by atoms with Crippen LogP contribution < -0.4 is 10.6 Å². The molecular weight excluding hydrogens is 247 g/mol. The average molecular weight is 261 g/mol. The van der Waals surface area contributed by atoms with Crippen molar-refractivity contribution >= 4 is 28.9 Å². The molecule has 0 amide bonds.